The van der Waals surface area contributed by atoms with Gasteiger partial charge in [-0.25, -0.2) is 0 Å². The summed E-state index contributed by atoms with van der Waals surface area (Å²) in [6, 6.07) is 4.70. The number of carbonyl (C=O) groups excluding carboxylic acids is 1. The van der Waals surface area contributed by atoms with Gasteiger partial charge in [-0.15, -0.1) is 0 Å². The lowest BCUT2D eigenvalue weighted by molar-refractivity contribution is -0.384. The number of nitro benzene ring substituents is 1. The van der Waals surface area contributed by atoms with Gasteiger partial charge in [0.15, 0.2) is 5.17 Å². The molecule has 24 heavy (non-hydrogen) atoms. The number of hydrogen-bond acceptors (Lipinski definition) is 6. The summed E-state index contributed by atoms with van der Waals surface area (Å²) >= 11 is 1.48. The van der Waals surface area contributed by atoms with Crippen LogP contribution >= 0.6 is 11.8 Å². The molecule has 2 aliphatic heterocycles. The summed E-state index contributed by atoms with van der Waals surface area (Å²) in [5.74, 6) is 1.01. The van der Waals surface area contributed by atoms with Crippen LogP contribution in [0.3, 0.4) is 0 Å². The minimum Gasteiger partial charge on any atom is -0.366 e. The van der Waals surface area contributed by atoms with Gasteiger partial charge in [0.2, 0.25) is 0 Å². The molecule has 0 bridgehead atoms. The van der Waals surface area contributed by atoms with E-state index in [1.807, 2.05) is 4.90 Å². The van der Waals surface area contributed by atoms with E-state index in [-0.39, 0.29) is 17.2 Å². The lowest BCUT2D eigenvalue weighted by Gasteiger charge is -2.32. The van der Waals surface area contributed by atoms with Crippen LogP contribution in [-0.2, 0) is 0 Å². The van der Waals surface area contributed by atoms with Gasteiger partial charge in [-0.1, -0.05) is 18.7 Å². The first-order valence-corrected chi connectivity index (χ1v) is 9.05. The highest BCUT2D eigenvalue weighted by Gasteiger charge is 2.25. The quantitative estimate of drug-likeness (QED) is 0.670. The Morgan fingerprint density at radius 2 is 2.33 bits per heavy atom. The number of nitrogens with one attached hydrogen (secondary N) is 1. The second kappa shape index (κ2) is 7.21. The fourth-order valence-corrected chi connectivity index (χ4v) is 3.79. The SMILES string of the molecule is C[C@@H]1CCCN(c2ccc(C(=O)NC3=NCCS3)cc2[N+](=O)[O-])C1. The average Bonchev–Trinajstić information content (AvgIpc) is 3.07. The number of amidine groups is 1. The van der Waals surface area contributed by atoms with E-state index < -0.39 is 4.92 Å². The van der Waals surface area contributed by atoms with Crippen molar-refractivity contribution in [2.75, 3.05) is 30.3 Å². The molecule has 1 saturated heterocycles. The molecule has 1 aromatic carbocycles. The monoisotopic (exact) mass is 348 g/mol. The minimum atomic E-state index is -0.410. The molecular formula is C16H20N4O3S. The van der Waals surface area contributed by atoms with Crippen molar-refractivity contribution in [2.24, 2.45) is 10.9 Å². The average molecular weight is 348 g/mol. The first-order chi connectivity index (χ1) is 11.5. The van der Waals surface area contributed by atoms with Gasteiger partial charge in [0.1, 0.15) is 5.69 Å². The zero-order valence-electron chi connectivity index (χ0n) is 13.5. The molecule has 7 nitrogen and oxygen atoms in total. The number of hydrogen-bond donors (Lipinski definition) is 1. The molecule has 0 radical (unpaired) electrons. The fraction of sp³-hybridized carbons (Fsp3) is 0.500. The molecule has 1 fully saturated rings. The number of rotatable bonds is 3. The Bertz CT molecular complexity index is 692. The number of amides is 1. The van der Waals surface area contributed by atoms with E-state index >= 15 is 0 Å². The van der Waals surface area contributed by atoms with E-state index in [0.29, 0.717) is 23.3 Å². The van der Waals surface area contributed by atoms with Gasteiger partial charge < -0.3 is 10.2 Å². The van der Waals surface area contributed by atoms with E-state index in [9.17, 15) is 14.9 Å². The van der Waals surface area contributed by atoms with E-state index in [4.69, 9.17) is 0 Å². The predicted molar refractivity (Wildman–Crippen MR) is 95.9 cm³/mol. The van der Waals surface area contributed by atoms with Gasteiger partial charge in [0.05, 0.1) is 11.5 Å². The van der Waals surface area contributed by atoms with Crippen LogP contribution in [0.25, 0.3) is 0 Å². The van der Waals surface area contributed by atoms with Crippen molar-refractivity contribution >= 4 is 34.2 Å². The van der Waals surface area contributed by atoms with Crippen LogP contribution < -0.4 is 10.2 Å². The predicted octanol–water partition coefficient (Wildman–Crippen LogP) is 2.66. The maximum atomic E-state index is 12.3. The van der Waals surface area contributed by atoms with Crippen LogP contribution in [0, 0.1) is 16.0 Å². The smallest absolute Gasteiger partial charge is 0.293 e. The highest BCUT2D eigenvalue weighted by molar-refractivity contribution is 8.14. The maximum Gasteiger partial charge on any atom is 0.293 e. The summed E-state index contributed by atoms with van der Waals surface area (Å²) in [5.41, 5.74) is 0.860. The molecule has 1 aromatic rings. The lowest BCUT2D eigenvalue weighted by atomic mass is 9.99. The van der Waals surface area contributed by atoms with Crippen LogP contribution in [0.1, 0.15) is 30.1 Å². The Morgan fingerprint density at radius 3 is 3.00 bits per heavy atom. The Morgan fingerprint density at radius 1 is 1.50 bits per heavy atom. The van der Waals surface area contributed by atoms with Crippen molar-refractivity contribution in [3.63, 3.8) is 0 Å². The molecule has 0 aliphatic carbocycles. The van der Waals surface area contributed by atoms with Gasteiger partial charge in [0.25, 0.3) is 11.6 Å². The third kappa shape index (κ3) is 3.69. The Balaban J connectivity index is 1.84. The molecule has 1 atom stereocenters. The first-order valence-electron chi connectivity index (χ1n) is 8.06. The molecule has 1 amide bonds. The number of piperidine rings is 1. The van der Waals surface area contributed by atoms with Crippen LogP contribution in [0.5, 0.6) is 0 Å². The molecule has 8 heteroatoms. The van der Waals surface area contributed by atoms with Crippen molar-refractivity contribution < 1.29 is 9.72 Å². The molecule has 1 N–H and O–H groups in total. The van der Waals surface area contributed by atoms with Crippen LogP contribution in [-0.4, -0.2) is 41.4 Å². The largest absolute Gasteiger partial charge is 0.366 e. The number of benzene rings is 1. The minimum absolute atomic E-state index is 0.0160. The van der Waals surface area contributed by atoms with Gasteiger partial charge in [-0.3, -0.25) is 19.9 Å². The Kier molecular flexibility index (Phi) is 5.03. The molecular weight excluding hydrogens is 328 g/mol. The summed E-state index contributed by atoms with van der Waals surface area (Å²) in [6.07, 6.45) is 2.17. The van der Waals surface area contributed by atoms with E-state index in [2.05, 4.69) is 17.2 Å². The van der Waals surface area contributed by atoms with E-state index in [1.54, 1.807) is 12.1 Å². The van der Waals surface area contributed by atoms with E-state index in [0.717, 1.165) is 31.7 Å². The van der Waals surface area contributed by atoms with Crippen LogP contribution in [0.2, 0.25) is 0 Å². The topological polar surface area (TPSA) is 87.8 Å². The standard InChI is InChI=1S/C16H20N4O3S/c1-11-3-2-7-19(10-11)13-5-4-12(9-14(13)20(22)23)15(21)18-16-17-6-8-24-16/h4-5,9,11H,2-3,6-8,10H2,1H3,(H,17,18,21)/t11-/m1/s1. The molecule has 0 unspecified atom stereocenters. The van der Waals surface area contributed by atoms with Crippen LogP contribution in [0.4, 0.5) is 11.4 Å². The zero-order valence-corrected chi connectivity index (χ0v) is 14.3. The van der Waals surface area contributed by atoms with Gasteiger partial charge in [-0.05, 0) is 30.9 Å². The van der Waals surface area contributed by atoms with Gasteiger partial charge in [0, 0.05) is 30.5 Å². The van der Waals surface area contributed by atoms with Crippen molar-refractivity contribution in [2.45, 2.75) is 19.8 Å². The van der Waals surface area contributed by atoms with Crippen molar-refractivity contribution in [3.8, 4) is 0 Å². The van der Waals surface area contributed by atoms with Crippen molar-refractivity contribution in [3.05, 3.63) is 33.9 Å². The Hall–Kier alpha value is -2.09. The number of carbonyl (C=O) groups is 1. The third-order valence-electron chi connectivity index (χ3n) is 4.24. The first kappa shape index (κ1) is 16.8. The van der Waals surface area contributed by atoms with Gasteiger partial charge in [-0.2, -0.15) is 0 Å². The number of nitrogens with zero attached hydrogens (tertiary/aromatic N) is 3. The molecule has 0 aromatic heterocycles. The summed E-state index contributed by atoms with van der Waals surface area (Å²) in [6.45, 7) is 4.45. The second-order valence-electron chi connectivity index (χ2n) is 6.14. The Labute approximate surface area is 144 Å². The lowest BCUT2D eigenvalue weighted by Crippen LogP contribution is -2.34. The van der Waals surface area contributed by atoms with Crippen LogP contribution in [0.15, 0.2) is 23.2 Å². The normalized spacial score (nSPS) is 20.6. The van der Waals surface area contributed by atoms with Crippen molar-refractivity contribution in [1.29, 1.82) is 0 Å². The number of aliphatic imine (C=N–C) groups is 1. The molecule has 0 spiro atoms. The third-order valence-corrected chi connectivity index (χ3v) is 5.13. The summed E-state index contributed by atoms with van der Waals surface area (Å²) in [5, 5.41) is 14.8. The van der Waals surface area contributed by atoms with Gasteiger partial charge >= 0.3 is 0 Å². The summed E-state index contributed by atoms with van der Waals surface area (Å²) in [7, 11) is 0. The number of nitro groups is 1. The summed E-state index contributed by atoms with van der Waals surface area (Å²) in [4.78, 5) is 29.6. The second-order valence-corrected chi connectivity index (χ2v) is 7.23. The molecule has 128 valence electrons. The molecule has 2 heterocycles. The highest BCUT2D eigenvalue weighted by Crippen LogP contribution is 2.32. The number of thioether (sulfide) groups is 1. The van der Waals surface area contributed by atoms with E-state index in [1.165, 1.54) is 17.8 Å². The maximum absolute atomic E-state index is 12.3. The fourth-order valence-electron chi connectivity index (χ4n) is 3.07. The summed E-state index contributed by atoms with van der Waals surface area (Å²) < 4.78 is 0. The zero-order chi connectivity index (χ0) is 17.1. The van der Waals surface area contributed by atoms with Crippen molar-refractivity contribution in [1.82, 2.24) is 5.32 Å². The molecule has 0 saturated carbocycles. The molecule has 3 rings (SSSR count). The highest BCUT2D eigenvalue weighted by atomic mass is 32.2. The number of anilines is 1. The molecule has 2 aliphatic rings.